The monoisotopic (exact) mass is 365 g/mol. The fourth-order valence-electron chi connectivity index (χ4n) is 3.71. The Labute approximate surface area is 158 Å². The zero-order valence-corrected chi connectivity index (χ0v) is 15.7. The number of aromatic nitrogens is 1. The Kier molecular flexibility index (Phi) is 4.91. The molecule has 0 aliphatic carbocycles. The number of thiophene rings is 1. The number of rotatable bonds is 5. The van der Waals surface area contributed by atoms with Crippen molar-refractivity contribution < 1.29 is 4.79 Å². The quantitative estimate of drug-likeness (QED) is 0.750. The predicted octanol–water partition coefficient (Wildman–Crippen LogP) is 3.62. The van der Waals surface area contributed by atoms with Gasteiger partial charge in [0.15, 0.2) is 0 Å². The van der Waals surface area contributed by atoms with Crippen LogP contribution in [0.3, 0.4) is 0 Å². The normalized spacial score (nSPS) is 15.4. The van der Waals surface area contributed by atoms with Crippen LogP contribution < -0.4 is 5.32 Å². The van der Waals surface area contributed by atoms with Crippen molar-refractivity contribution in [1.82, 2.24) is 14.8 Å². The molecule has 0 spiro atoms. The van der Waals surface area contributed by atoms with Gasteiger partial charge >= 0.3 is 0 Å². The lowest BCUT2D eigenvalue weighted by atomic mass is 9.98. The van der Waals surface area contributed by atoms with Crippen molar-refractivity contribution in [3.8, 4) is 0 Å². The highest BCUT2D eigenvalue weighted by Crippen LogP contribution is 2.27. The smallest absolute Gasteiger partial charge is 0.261 e. The number of nitrogens with one attached hydrogen (secondary N) is 1. The second-order valence-corrected chi connectivity index (χ2v) is 7.68. The van der Waals surface area contributed by atoms with Gasteiger partial charge in [-0.15, -0.1) is 11.3 Å². The first-order valence-corrected chi connectivity index (χ1v) is 9.84. The van der Waals surface area contributed by atoms with Crippen molar-refractivity contribution >= 4 is 17.2 Å². The topological polar surface area (TPSA) is 37.3 Å². The standard InChI is InChI=1S/C21H23N3OS/c1-23-11-4-8-18(23)19(14-22-21(25)20-9-5-13-26-20)24-12-10-16-6-2-3-7-17(16)15-24/h2-9,11,13,19H,10,12,14-15H2,1H3,(H,22,25). The van der Waals surface area contributed by atoms with Gasteiger partial charge in [0.2, 0.25) is 0 Å². The molecule has 5 heteroatoms. The Bertz CT molecular complexity index is 884. The van der Waals surface area contributed by atoms with Gasteiger partial charge in [-0.2, -0.15) is 0 Å². The molecule has 1 aliphatic rings. The summed E-state index contributed by atoms with van der Waals surface area (Å²) in [6, 6.07) is 16.8. The Morgan fingerprint density at radius 1 is 1.15 bits per heavy atom. The van der Waals surface area contributed by atoms with Gasteiger partial charge in [0.25, 0.3) is 5.91 Å². The van der Waals surface area contributed by atoms with Gasteiger partial charge in [0.05, 0.1) is 10.9 Å². The molecule has 4 rings (SSSR count). The van der Waals surface area contributed by atoms with Crippen molar-refractivity contribution in [3.63, 3.8) is 0 Å². The van der Waals surface area contributed by atoms with Gasteiger partial charge in [-0.3, -0.25) is 9.69 Å². The summed E-state index contributed by atoms with van der Waals surface area (Å²) in [7, 11) is 2.07. The molecule has 3 aromatic rings. The number of amides is 1. The zero-order chi connectivity index (χ0) is 17.9. The molecule has 0 saturated carbocycles. The number of aryl methyl sites for hydroxylation is 1. The summed E-state index contributed by atoms with van der Waals surface area (Å²) in [5.74, 6) is 0.0108. The van der Waals surface area contributed by atoms with Crippen LogP contribution in [0.1, 0.15) is 32.5 Å². The SMILES string of the molecule is Cn1cccc1C(CNC(=O)c1cccs1)N1CCc2ccccc2C1. The molecule has 134 valence electrons. The van der Waals surface area contributed by atoms with Crippen LogP contribution in [0.25, 0.3) is 0 Å². The first-order chi connectivity index (χ1) is 12.7. The first-order valence-electron chi connectivity index (χ1n) is 8.96. The average Bonchev–Trinajstić information content (AvgIpc) is 3.34. The maximum atomic E-state index is 12.4. The number of hydrogen-bond acceptors (Lipinski definition) is 3. The van der Waals surface area contributed by atoms with Gasteiger partial charge in [-0.25, -0.2) is 0 Å². The second kappa shape index (κ2) is 7.48. The van der Waals surface area contributed by atoms with Crippen molar-refractivity contribution in [1.29, 1.82) is 0 Å². The third-order valence-corrected chi connectivity index (χ3v) is 6.00. The second-order valence-electron chi connectivity index (χ2n) is 6.74. The van der Waals surface area contributed by atoms with Crippen LogP contribution in [0.4, 0.5) is 0 Å². The molecule has 26 heavy (non-hydrogen) atoms. The lowest BCUT2D eigenvalue weighted by molar-refractivity contribution is 0.0929. The van der Waals surface area contributed by atoms with Gasteiger partial charge < -0.3 is 9.88 Å². The summed E-state index contributed by atoms with van der Waals surface area (Å²) in [5, 5.41) is 5.07. The van der Waals surface area contributed by atoms with Crippen molar-refractivity contribution in [2.24, 2.45) is 7.05 Å². The first kappa shape index (κ1) is 17.1. The molecule has 1 unspecified atom stereocenters. The number of benzene rings is 1. The zero-order valence-electron chi connectivity index (χ0n) is 14.9. The van der Waals surface area contributed by atoms with E-state index in [2.05, 4.69) is 64.4 Å². The molecule has 0 saturated heterocycles. The Balaban J connectivity index is 1.54. The van der Waals surface area contributed by atoms with E-state index in [-0.39, 0.29) is 11.9 Å². The van der Waals surface area contributed by atoms with E-state index >= 15 is 0 Å². The molecule has 0 fully saturated rings. The number of fused-ring (bicyclic) bond motifs is 1. The van der Waals surface area contributed by atoms with E-state index < -0.39 is 0 Å². The molecule has 0 bridgehead atoms. The summed E-state index contributed by atoms with van der Waals surface area (Å²) in [5.41, 5.74) is 4.07. The molecule has 1 N–H and O–H groups in total. The number of hydrogen-bond donors (Lipinski definition) is 1. The largest absolute Gasteiger partial charge is 0.353 e. The average molecular weight is 366 g/mol. The van der Waals surface area contributed by atoms with Crippen LogP contribution in [-0.2, 0) is 20.0 Å². The molecule has 4 nitrogen and oxygen atoms in total. The maximum absolute atomic E-state index is 12.4. The van der Waals surface area contributed by atoms with Gasteiger partial charge in [0, 0.05) is 38.6 Å². The molecular weight excluding hydrogens is 342 g/mol. The van der Waals surface area contributed by atoms with E-state index in [0.29, 0.717) is 6.54 Å². The van der Waals surface area contributed by atoms with Crippen LogP contribution in [-0.4, -0.2) is 28.5 Å². The van der Waals surface area contributed by atoms with Gasteiger partial charge in [-0.05, 0) is 41.1 Å². The van der Waals surface area contributed by atoms with E-state index in [4.69, 9.17) is 0 Å². The minimum atomic E-state index is 0.0108. The summed E-state index contributed by atoms with van der Waals surface area (Å²) < 4.78 is 2.16. The molecule has 3 heterocycles. The number of carbonyl (C=O) groups excluding carboxylic acids is 1. The molecule has 1 amide bonds. The van der Waals surface area contributed by atoms with Crippen LogP contribution in [0.5, 0.6) is 0 Å². The van der Waals surface area contributed by atoms with Crippen LogP contribution in [0, 0.1) is 0 Å². The van der Waals surface area contributed by atoms with E-state index in [1.54, 1.807) is 0 Å². The van der Waals surface area contributed by atoms with Gasteiger partial charge in [-0.1, -0.05) is 30.3 Å². The highest BCUT2D eigenvalue weighted by Gasteiger charge is 2.26. The summed E-state index contributed by atoms with van der Waals surface area (Å²) in [4.78, 5) is 15.7. The molecule has 1 aromatic carbocycles. The lowest BCUT2D eigenvalue weighted by Crippen LogP contribution is -2.41. The fraction of sp³-hybridized carbons (Fsp3) is 0.286. The van der Waals surface area contributed by atoms with Crippen molar-refractivity contribution in [2.45, 2.75) is 19.0 Å². The van der Waals surface area contributed by atoms with Gasteiger partial charge in [0.1, 0.15) is 0 Å². The molecule has 1 aliphatic heterocycles. The highest BCUT2D eigenvalue weighted by atomic mass is 32.1. The number of carbonyl (C=O) groups is 1. The fourth-order valence-corrected chi connectivity index (χ4v) is 4.35. The molecular formula is C21H23N3OS. The van der Waals surface area contributed by atoms with E-state index in [1.165, 1.54) is 28.2 Å². The van der Waals surface area contributed by atoms with Crippen LogP contribution in [0.15, 0.2) is 60.1 Å². The summed E-state index contributed by atoms with van der Waals surface area (Å²) in [6.07, 6.45) is 3.12. The molecule has 0 radical (unpaired) electrons. The third kappa shape index (κ3) is 3.45. The Morgan fingerprint density at radius 3 is 2.73 bits per heavy atom. The minimum Gasteiger partial charge on any atom is -0.353 e. The third-order valence-electron chi connectivity index (χ3n) is 5.13. The highest BCUT2D eigenvalue weighted by molar-refractivity contribution is 7.12. The lowest BCUT2D eigenvalue weighted by Gasteiger charge is -2.36. The molecule has 1 atom stereocenters. The summed E-state index contributed by atoms with van der Waals surface area (Å²) >= 11 is 1.48. The Hall–Kier alpha value is -2.37. The van der Waals surface area contributed by atoms with Crippen molar-refractivity contribution in [2.75, 3.05) is 13.1 Å². The summed E-state index contributed by atoms with van der Waals surface area (Å²) in [6.45, 7) is 2.53. The molecule has 2 aromatic heterocycles. The van der Waals surface area contributed by atoms with Crippen LogP contribution in [0.2, 0.25) is 0 Å². The van der Waals surface area contributed by atoms with E-state index in [1.807, 2.05) is 17.5 Å². The predicted molar refractivity (Wildman–Crippen MR) is 105 cm³/mol. The Morgan fingerprint density at radius 2 is 2.00 bits per heavy atom. The maximum Gasteiger partial charge on any atom is 0.261 e. The van der Waals surface area contributed by atoms with Crippen molar-refractivity contribution in [3.05, 3.63) is 81.8 Å². The minimum absolute atomic E-state index is 0.0108. The number of nitrogens with zero attached hydrogens (tertiary/aromatic N) is 2. The van der Waals surface area contributed by atoms with E-state index in [9.17, 15) is 4.79 Å². The van der Waals surface area contributed by atoms with E-state index in [0.717, 1.165) is 24.4 Å². The van der Waals surface area contributed by atoms with Crippen LogP contribution >= 0.6 is 11.3 Å².